The molecule has 0 aliphatic rings. The first kappa shape index (κ1) is 13.5. The molecule has 0 aliphatic heterocycles. The Morgan fingerprint density at radius 3 is 2.21 bits per heavy atom. The van der Waals surface area contributed by atoms with Crippen molar-refractivity contribution >= 4 is 0 Å². The third-order valence-electron chi connectivity index (χ3n) is 2.77. The number of hydrogen-bond donors (Lipinski definition) is 2. The van der Waals surface area contributed by atoms with Gasteiger partial charge in [-0.25, -0.2) is 18.6 Å². The molecule has 0 amide bonds. The van der Waals surface area contributed by atoms with E-state index in [-0.39, 0.29) is 5.56 Å². The zero-order valence-corrected chi connectivity index (χ0v) is 10.1. The van der Waals surface area contributed by atoms with Crippen molar-refractivity contribution in [3.63, 3.8) is 0 Å². The summed E-state index contributed by atoms with van der Waals surface area (Å²) in [5, 5.41) is 0. The largest absolute Gasteiger partial charge is 0.271 e. The van der Waals surface area contributed by atoms with Crippen LogP contribution in [0.15, 0.2) is 30.5 Å². The molecule has 0 aliphatic carbocycles. The molecule has 0 saturated heterocycles. The molecule has 19 heavy (non-hydrogen) atoms. The van der Waals surface area contributed by atoms with Crippen LogP contribution in [0.5, 0.6) is 0 Å². The second kappa shape index (κ2) is 5.38. The Labute approximate surface area is 108 Å². The van der Waals surface area contributed by atoms with Gasteiger partial charge < -0.3 is 0 Å². The standard InChI is InChI=1S/C13H12F3N3/c1-7-2-3-8(6-18-7)13(19-17)9-4-10(14)12(16)11(15)5-9/h2-6,13,19H,17H2,1H3. The van der Waals surface area contributed by atoms with Crippen molar-refractivity contribution in [2.24, 2.45) is 5.84 Å². The Bertz CT molecular complexity index is 561. The number of hydrogen-bond acceptors (Lipinski definition) is 3. The van der Waals surface area contributed by atoms with Gasteiger partial charge in [-0.1, -0.05) is 6.07 Å². The average molecular weight is 267 g/mol. The van der Waals surface area contributed by atoms with Gasteiger partial charge in [0, 0.05) is 11.9 Å². The number of nitrogens with two attached hydrogens (primary N) is 1. The molecule has 1 heterocycles. The van der Waals surface area contributed by atoms with Gasteiger partial charge in [0.1, 0.15) is 0 Å². The lowest BCUT2D eigenvalue weighted by atomic mass is 10.00. The van der Waals surface area contributed by atoms with Gasteiger partial charge in [0.05, 0.1) is 6.04 Å². The fourth-order valence-electron chi connectivity index (χ4n) is 1.78. The summed E-state index contributed by atoms with van der Waals surface area (Å²) < 4.78 is 39.4. The van der Waals surface area contributed by atoms with Crippen molar-refractivity contribution in [2.75, 3.05) is 0 Å². The Hall–Kier alpha value is -1.92. The van der Waals surface area contributed by atoms with E-state index < -0.39 is 23.5 Å². The van der Waals surface area contributed by atoms with Crippen LogP contribution in [0.2, 0.25) is 0 Å². The van der Waals surface area contributed by atoms with Gasteiger partial charge in [-0.2, -0.15) is 0 Å². The molecule has 1 aromatic heterocycles. The summed E-state index contributed by atoms with van der Waals surface area (Å²) in [5.41, 5.74) is 4.04. The zero-order valence-electron chi connectivity index (χ0n) is 10.1. The van der Waals surface area contributed by atoms with Crippen LogP contribution in [0.25, 0.3) is 0 Å². The highest BCUT2D eigenvalue weighted by Gasteiger charge is 2.18. The second-order valence-corrected chi connectivity index (χ2v) is 4.13. The van der Waals surface area contributed by atoms with E-state index in [9.17, 15) is 13.2 Å². The lowest BCUT2D eigenvalue weighted by Gasteiger charge is -2.17. The van der Waals surface area contributed by atoms with Crippen LogP contribution in [-0.2, 0) is 0 Å². The Kier molecular flexibility index (Phi) is 3.82. The first-order valence-electron chi connectivity index (χ1n) is 5.56. The van der Waals surface area contributed by atoms with Crippen molar-refractivity contribution in [2.45, 2.75) is 13.0 Å². The highest BCUT2D eigenvalue weighted by molar-refractivity contribution is 5.31. The molecular formula is C13H12F3N3. The molecule has 0 spiro atoms. The van der Waals surface area contributed by atoms with Gasteiger partial charge in [0.25, 0.3) is 0 Å². The molecule has 3 N–H and O–H groups in total. The first-order chi connectivity index (χ1) is 9.02. The number of aromatic nitrogens is 1. The van der Waals surface area contributed by atoms with Crippen LogP contribution in [0.3, 0.4) is 0 Å². The van der Waals surface area contributed by atoms with E-state index in [1.807, 2.05) is 6.92 Å². The lowest BCUT2D eigenvalue weighted by Crippen LogP contribution is -2.29. The van der Waals surface area contributed by atoms with Gasteiger partial charge in [0.15, 0.2) is 17.5 Å². The van der Waals surface area contributed by atoms with Crippen molar-refractivity contribution in [1.82, 2.24) is 10.4 Å². The fraction of sp³-hybridized carbons (Fsp3) is 0.154. The SMILES string of the molecule is Cc1ccc(C(NN)c2cc(F)c(F)c(F)c2)cn1. The third kappa shape index (κ3) is 2.74. The summed E-state index contributed by atoms with van der Waals surface area (Å²) in [7, 11) is 0. The molecule has 100 valence electrons. The number of pyridine rings is 1. The van der Waals surface area contributed by atoms with E-state index in [1.165, 1.54) is 0 Å². The van der Waals surface area contributed by atoms with Gasteiger partial charge in [-0.3, -0.25) is 10.8 Å². The predicted octanol–water partition coefficient (Wildman–Crippen LogP) is 2.36. The summed E-state index contributed by atoms with van der Waals surface area (Å²) in [4.78, 5) is 4.08. The highest BCUT2D eigenvalue weighted by atomic mass is 19.2. The van der Waals surface area contributed by atoms with Crippen LogP contribution in [-0.4, -0.2) is 4.98 Å². The molecule has 1 unspecified atom stereocenters. The zero-order chi connectivity index (χ0) is 14.0. The van der Waals surface area contributed by atoms with Gasteiger partial charge in [0.2, 0.25) is 0 Å². The molecule has 2 aromatic rings. The summed E-state index contributed by atoms with van der Waals surface area (Å²) in [6.07, 6.45) is 1.54. The normalized spacial score (nSPS) is 12.5. The Morgan fingerprint density at radius 2 is 1.74 bits per heavy atom. The maximum atomic E-state index is 13.2. The number of nitrogens with one attached hydrogen (secondary N) is 1. The molecule has 3 nitrogen and oxygen atoms in total. The predicted molar refractivity (Wildman–Crippen MR) is 64.5 cm³/mol. The van der Waals surface area contributed by atoms with Crippen LogP contribution >= 0.6 is 0 Å². The highest BCUT2D eigenvalue weighted by Crippen LogP contribution is 2.24. The van der Waals surface area contributed by atoms with Crippen molar-refractivity contribution in [3.05, 3.63) is 64.7 Å². The second-order valence-electron chi connectivity index (χ2n) is 4.13. The third-order valence-corrected chi connectivity index (χ3v) is 2.77. The molecule has 2 rings (SSSR count). The van der Waals surface area contributed by atoms with Crippen LogP contribution in [0.4, 0.5) is 13.2 Å². The smallest absolute Gasteiger partial charge is 0.194 e. The molecule has 0 fully saturated rings. The number of hydrazine groups is 1. The summed E-state index contributed by atoms with van der Waals surface area (Å²) in [6, 6.07) is 4.62. The maximum Gasteiger partial charge on any atom is 0.194 e. The number of nitrogens with zero attached hydrogens (tertiary/aromatic N) is 1. The number of rotatable bonds is 3. The molecule has 1 atom stereocenters. The lowest BCUT2D eigenvalue weighted by molar-refractivity contribution is 0.442. The molecule has 6 heteroatoms. The van der Waals surface area contributed by atoms with Crippen molar-refractivity contribution in [1.29, 1.82) is 0 Å². The number of aryl methyl sites for hydroxylation is 1. The monoisotopic (exact) mass is 267 g/mol. The van der Waals surface area contributed by atoms with Crippen LogP contribution in [0.1, 0.15) is 22.9 Å². The van der Waals surface area contributed by atoms with Crippen LogP contribution in [0, 0.1) is 24.4 Å². The van der Waals surface area contributed by atoms with Crippen molar-refractivity contribution < 1.29 is 13.2 Å². The molecule has 0 saturated carbocycles. The minimum atomic E-state index is -1.50. The minimum Gasteiger partial charge on any atom is -0.271 e. The van der Waals surface area contributed by atoms with Crippen LogP contribution < -0.4 is 11.3 Å². The average Bonchev–Trinajstić information content (AvgIpc) is 2.39. The van der Waals surface area contributed by atoms with E-state index in [2.05, 4.69) is 10.4 Å². The van der Waals surface area contributed by atoms with Gasteiger partial charge in [-0.15, -0.1) is 0 Å². The number of halogens is 3. The maximum absolute atomic E-state index is 13.2. The van der Waals surface area contributed by atoms with E-state index >= 15 is 0 Å². The summed E-state index contributed by atoms with van der Waals surface area (Å²) >= 11 is 0. The minimum absolute atomic E-state index is 0.185. The van der Waals surface area contributed by atoms with E-state index in [0.717, 1.165) is 17.8 Å². The van der Waals surface area contributed by atoms with E-state index in [1.54, 1.807) is 18.3 Å². The molecular weight excluding hydrogens is 255 g/mol. The molecule has 0 radical (unpaired) electrons. The Morgan fingerprint density at radius 1 is 1.11 bits per heavy atom. The Balaban J connectivity index is 2.45. The van der Waals surface area contributed by atoms with E-state index in [0.29, 0.717) is 5.56 Å². The molecule has 1 aromatic carbocycles. The number of benzene rings is 1. The van der Waals surface area contributed by atoms with Crippen molar-refractivity contribution in [3.8, 4) is 0 Å². The van der Waals surface area contributed by atoms with E-state index in [4.69, 9.17) is 5.84 Å². The topological polar surface area (TPSA) is 50.9 Å². The van der Waals surface area contributed by atoms with Gasteiger partial charge in [-0.05, 0) is 36.2 Å². The molecule has 0 bridgehead atoms. The van der Waals surface area contributed by atoms with Gasteiger partial charge >= 0.3 is 0 Å². The first-order valence-corrected chi connectivity index (χ1v) is 5.56. The summed E-state index contributed by atoms with van der Waals surface area (Å²) in [6.45, 7) is 1.81. The quantitative estimate of drug-likeness (QED) is 0.510. The summed E-state index contributed by atoms with van der Waals surface area (Å²) in [5.74, 6) is 1.39. The fourth-order valence-corrected chi connectivity index (χ4v) is 1.78.